The van der Waals surface area contributed by atoms with Gasteiger partial charge in [0.15, 0.2) is 10.8 Å². The molecule has 0 bridgehead atoms. The zero-order valence-corrected chi connectivity index (χ0v) is 9.57. The number of fused-ring (bicyclic) bond motifs is 1. The molecule has 15 heavy (non-hydrogen) atoms. The summed E-state index contributed by atoms with van der Waals surface area (Å²) in [5.41, 5.74) is 0.890. The molecule has 0 aromatic carbocycles. The molecule has 5 heteroatoms. The fraction of sp³-hybridized carbons (Fsp3) is 0.400. The van der Waals surface area contributed by atoms with E-state index in [2.05, 4.69) is 19.7 Å². The first-order chi connectivity index (χ1) is 7.16. The molecule has 0 radical (unpaired) electrons. The molecule has 2 rings (SSSR count). The first kappa shape index (κ1) is 10.4. The Labute approximate surface area is 93.5 Å². The van der Waals surface area contributed by atoms with Gasteiger partial charge in [0.2, 0.25) is 0 Å². The van der Waals surface area contributed by atoms with Gasteiger partial charge in [-0.1, -0.05) is 11.6 Å². The van der Waals surface area contributed by atoms with Crippen molar-refractivity contribution in [2.45, 2.75) is 6.54 Å². The smallest absolute Gasteiger partial charge is 0.162 e. The quantitative estimate of drug-likeness (QED) is 0.795. The molecular formula is C10H13ClN4. The highest BCUT2D eigenvalue weighted by Gasteiger charge is 2.03. The molecule has 0 saturated carbocycles. The summed E-state index contributed by atoms with van der Waals surface area (Å²) in [6.45, 7) is 1.89. The van der Waals surface area contributed by atoms with E-state index < -0.39 is 0 Å². The minimum atomic E-state index is 0.438. The average Bonchev–Trinajstić information content (AvgIpc) is 2.57. The van der Waals surface area contributed by atoms with Gasteiger partial charge in [-0.15, -0.1) is 10.2 Å². The van der Waals surface area contributed by atoms with Crippen molar-refractivity contribution in [1.82, 2.24) is 19.7 Å². The lowest BCUT2D eigenvalue weighted by Crippen LogP contribution is -2.18. The molecule has 0 aliphatic rings. The zero-order valence-electron chi connectivity index (χ0n) is 8.81. The van der Waals surface area contributed by atoms with Crippen molar-refractivity contribution >= 4 is 22.6 Å². The minimum absolute atomic E-state index is 0.438. The molecule has 2 heterocycles. The van der Waals surface area contributed by atoms with Gasteiger partial charge >= 0.3 is 0 Å². The van der Waals surface area contributed by atoms with Crippen LogP contribution in [0.15, 0.2) is 18.3 Å². The SMILES string of the molecule is CN(C)CCn1ccc2cc(Cl)nnc21. The first-order valence-corrected chi connectivity index (χ1v) is 5.17. The molecule has 0 unspecified atom stereocenters. The Morgan fingerprint density at radius 1 is 1.40 bits per heavy atom. The van der Waals surface area contributed by atoms with Crippen molar-refractivity contribution in [1.29, 1.82) is 0 Å². The maximum Gasteiger partial charge on any atom is 0.162 e. The molecule has 0 N–H and O–H groups in total. The minimum Gasteiger partial charge on any atom is -0.330 e. The van der Waals surface area contributed by atoms with Crippen molar-refractivity contribution in [2.24, 2.45) is 0 Å². The van der Waals surface area contributed by atoms with Crippen LogP contribution in [0.5, 0.6) is 0 Å². The van der Waals surface area contributed by atoms with Crippen LogP contribution in [0.3, 0.4) is 0 Å². The third kappa shape index (κ3) is 2.27. The Kier molecular flexibility index (Phi) is 2.88. The van der Waals surface area contributed by atoms with Crippen LogP contribution in [0.1, 0.15) is 0 Å². The van der Waals surface area contributed by atoms with Gasteiger partial charge in [0.25, 0.3) is 0 Å². The van der Waals surface area contributed by atoms with Gasteiger partial charge in [-0.05, 0) is 26.2 Å². The predicted octanol–water partition coefficient (Wildman–Crippen LogP) is 1.65. The largest absolute Gasteiger partial charge is 0.330 e. The summed E-state index contributed by atoms with van der Waals surface area (Å²) in [5, 5.41) is 9.40. The molecule has 0 aliphatic carbocycles. The van der Waals surface area contributed by atoms with Gasteiger partial charge < -0.3 is 9.47 Å². The highest BCUT2D eigenvalue weighted by Crippen LogP contribution is 2.15. The molecule has 4 nitrogen and oxygen atoms in total. The molecule has 0 aliphatic heterocycles. The van der Waals surface area contributed by atoms with E-state index in [0.717, 1.165) is 24.1 Å². The van der Waals surface area contributed by atoms with E-state index in [0.29, 0.717) is 5.15 Å². The zero-order chi connectivity index (χ0) is 10.8. The number of likely N-dealkylation sites (N-methyl/N-ethyl adjacent to an activating group) is 1. The second-order valence-corrected chi connectivity index (χ2v) is 4.15. The Bertz CT molecular complexity index is 463. The molecular weight excluding hydrogens is 212 g/mol. The molecule has 0 atom stereocenters. The van der Waals surface area contributed by atoms with Gasteiger partial charge in [0.1, 0.15) is 0 Å². The molecule has 0 fully saturated rings. The van der Waals surface area contributed by atoms with Crippen LogP contribution in [-0.4, -0.2) is 40.3 Å². The summed E-state index contributed by atoms with van der Waals surface area (Å²) in [7, 11) is 4.10. The Balaban J connectivity index is 2.29. The van der Waals surface area contributed by atoms with E-state index >= 15 is 0 Å². The van der Waals surface area contributed by atoms with Crippen molar-refractivity contribution in [3.63, 3.8) is 0 Å². The summed E-state index contributed by atoms with van der Waals surface area (Å²) in [4.78, 5) is 2.13. The highest BCUT2D eigenvalue weighted by molar-refractivity contribution is 6.29. The monoisotopic (exact) mass is 224 g/mol. The molecule has 0 amide bonds. The Morgan fingerprint density at radius 2 is 2.20 bits per heavy atom. The van der Waals surface area contributed by atoms with Crippen LogP contribution in [-0.2, 0) is 6.54 Å². The molecule has 2 aromatic rings. The maximum atomic E-state index is 5.76. The van der Waals surface area contributed by atoms with E-state index in [9.17, 15) is 0 Å². The van der Waals surface area contributed by atoms with Gasteiger partial charge in [-0.25, -0.2) is 0 Å². The fourth-order valence-electron chi connectivity index (χ4n) is 1.45. The van der Waals surface area contributed by atoms with Gasteiger partial charge in [-0.3, -0.25) is 0 Å². The van der Waals surface area contributed by atoms with Crippen LogP contribution < -0.4 is 0 Å². The van der Waals surface area contributed by atoms with Crippen molar-refractivity contribution in [3.05, 3.63) is 23.5 Å². The Morgan fingerprint density at radius 3 is 2.93 bits per heavy atom. The fourth-order valence-corrected chi connectivity index (χ4v) is 1.60. The lowest BCUT2D eigenvalue weighted by molar-refractivity contribution is 0.386. The van der Waals surface area contributed by atoms with E-state index in [1.165, 1.54) is 0 Å². The van der Waals surface area contributed by atoms with E-state index in [1.807, 2.05) is 32.4 Å². The number of aromatic nitrogens is 3. The van der Waals surface area contributed by atoms with E-state index in [4.69, 9.17) is 11.6 Å². The predicted molar refractivity (Wildman–Crippen MR) is 61.1 cm³/mol. The molecule has 2 aromatic heterocycles. The lowest BCUT2D eigenvalue weighted by Gasteiger charge is -2.10. The average molecular weight is 225 g/mol. The van der Waals surface area contributed by atoms with Gasteiger partial charge in [0.05, 0.1) is 0 Å². The summed E-state index contributed by atoms with van der Waals surface area (Å²) < 4.78 is 2.08. The molecule has 0 spiro atoms. The summed E-state index contributed by atoms with van der Waals surface area (Å²) in [6, 6.07) is 3.83. The number of hydrogen-bond donors (Lipinski definition) is 0. The highest BCUT2D eigenvalue weighted by atomic mass is 35.5. The third-order valence-corrected chi connectivity index (χ3v) is 2.45. The molecule has 0 saturated heterocycles. The van der Waals surface area contributed by atoms with Crippen LogP contribution in [0.25, 0.3) is 11.0 Å². The summed E-state index contributed by atoms with van der Waals surface area (Å²) in [5.74, 6) is 0. The van der Waals surface area contributed by atoms with E-state index in [1.54, 1.807) is 0 Å². The van der Waals surface area contributed by atoms with Crippen molar-refractivity contribution < 1.29 is 0 Å². The van der Waals surface area contributed by atoms with Crippen LogP contribution in [0, 0.1) is 0 Å². The lowest BCUT2D eigenvalue weighted by atomic mass is 10.4. The van der Waals surface area contributed by atoms with Crippen molar-refractivity contribution in [2.75, 3.05) is 20.6 Å². The third-order valence-electron chi connectivity index (χ3n) is 2.27. The summed E-state index contributed by atoms with van der Waals surface area (Å²) >= 11 is 5.76. The number of hydrogen-bond acceptors (Lipinski definition) is 3. The normalized spacial score (nSPS) is 11.5. The van der Waals surface area contributed by atoms with Gasteiger partial charge in [-0.2, -0.15) is 0 Å². The van der Waals surface area contributed by atoms with Crippen LogP contribution >= 0.6 is 11.6 Å². The number of rotatable bonds is 3. The second kappa shape index (κ2) is 4.16. The van der Waals surface area contributed by atoms with Crippen LogP contribution in [0.2, 0.25) is 5.15 Å². The second-order valence-electron chi connectivity index (χ2n) is 3.76. The van der Waals surface area contributed by atoms with Crippen LogP contribution in [0.4, 0.5) is 0 Å². The number of halogens is 1. The number of nitrogens with zero attached hydrogens (tertiary/aromatic N) is 4. The summed E-state index contributed by atoms with van der Waals surface area (Å²) in [6.07, 6.45) is 2.01. The van der Waals surface area contributed by atoms with Crippen molar-refractivity contribution in [3.8, 4) is 0 Å². The Hall–Kier alpha value is -1.13. The standard InChI is InChI=1S/C10H13ClN4/c1-14(2)5-6-15-4-3-8-7-9(11)12-13-10(8)15/h3-4,7H,5-6H2,1-2H3. The first-order valence-electron chi connectivity index (χ1n) is 4.79. The molecule has 80 valence electrons. The van der Waals surface area contributed by atoms with Gasteiger partial charge in [0, 0.05) is 24.7 Å². The van der Waals surface area contributed by atoms with E-state index in [-0.39, 0.29) is 0 Å². The topological polar surface area (TPSA) is 34.0 Å². The maximum absolute atomic E-state index is 5.76.